The number of nitrogens with two attached hydrogens (primary N) is 1. The van der Waals surface area contributed by atoms with E-state index in [1.807, 2.05) is 5.32 Å². The molecule has 0 fully saturated rings. The van der Waals surface area contributed by atoms with Crippen molar-refractivity contribution in [1.82, 2.24) is 5.32 Å². The molecule has 0 spiro atoms. The average molecular weight is 287 g/mol. The number of ether oxygens (including phenoxy) is 1. The minimum absolute atomic E-state index is 0.0226. The fraction of sp³-hybridized carbons (Fsp3) is 0.182. The summed E-state index contributed by atoms with van der Waals surface area (Å²) >= 11 is 5.81. The summed E-state index contributed by atoms with van der Waals surface area (Å²) < 4.78 is 5.19. The van der Waals surface area contributed by atoms with Gasteiger partial charge in [-0.3, -0.25) is 10.1 Å². The van der Waals surface area contributed by atoms with Crippen molar-refractivity contribution in [2.75, 3.05) is 6.61 Å². The van der Waals surface area contributed by atoms with E-state index in [9.17, 15) is 14.4 Å². The van der Waals surface area contributed by atoms with Crippen LogP contribution < -0.4 is 15.8 Å². The van der Waals surface area contributed by atoms with Gasteiger partial charge in [0, 0.05) is 0 Å². The molecule has 0 saturated heterocycles. The molecule has 1 rings (SSSR count). The van der Waals surface area contributed by atoms with Gasteiger partial charge >= 0.3 is 12.0 Å². The molecule has 0 aliphatic rings. The molecule has 0 bridgehead atoms. The topological polar surface area (TPSA) is 119 Å². The molecule has 3 amide bonds. The molecule has 19 heavy (non-hydrogen) atoms. The number of halogens is 1. The second-order valence-electron chi connectivity index (χ2n) is 3.46. The van der Waals surface area contributed by atoms with Crippen LogP contribution in [0.5, 0.6) is 5.75 Å². The number of carboxylic acid groups (broad SMARTS) is 1. The van der Waals surface area contributed by atoms with Gasteiger partial charge in [-0.25, -0.2) is 9.59 Å². The lowest BCUT2D eigenvalue weighted by atomic mass is 10.2. The zero-order valence-electron chi connectivity index (χ0n) is 9.68. The molecular weight excluding hydrogens is 276 g/mol. The monoisotopic (exact) mass is 286 g/mol. The van der Waals surface area contributed by atoms with Crippen LogP contribution in [0.2, 0.25) is 5.02 Å². The zero-order valence-corrected chi connectivity index (χ0v) is 10.4. The Balaban J connectivity index is 2.52. The van der Waals surface area contributed by atoms with Gasteiger partial charge in [0.05, 0.1) is 23.6 Å². The number of amides is 3. The summed E-state index contributed by atoms with van der Waals surface area (Å²) in [5.41, 5.74) is 4.79. The highest BCUT2D eigenvalue weighted by Crippen LogP contribution is 2.25. The number of aromatic carboxylic acids is 1. The highest BCUT2D eigenvalue weighted by Gasteiger charge is 2.09. The van der Waals surface area contributed by atoms with Crippen molar-refractivity contribution in [2.24, 2.45) is 5.73 Å². The first-order valence-corrected chi connectivity index (χ1v) is 5.53. The standard InChI is InChI=1S/C11H11ClN2O5/c12-7-5-6(10(16)17)1-2-8(7)19-4-3-9(15)14-11(13)18/h1-2,5H,3-4H2,(H,16,17)(H3,13,14,15,18). The number of rotatable bonds is 5. The number of hydrogen-bond donors (Lipinski definition) is 3. The molecule has 1 aromatic rings. The molecular formula is C11H11ClN2O5. The molecule has 7 nitrogen and oxygen atoms in total. The van der Waals surface area contributed by atoms with Crippen molar-refractivity contribution in [3.05, 3.63) is 28.8 Å². The van der Waals surface area contributed by atoms with E-state index in [0.717, 1.165) is 0 Å². The van der Waals surface area contributed by atoms with Gasteiger partial charge < -0.3 is 15.6 Å². The highest BCUT2D eigenvalue weighted by atomic mass is 35.5. The summed E-state index contributed by atoms with van der Waals surface area (Å²) in [5.74, 6) is -1.43. The Morgan fingerprint density at radius 2 is 2.05 bits per heavy atom. The summed E-state index contributed by atoms with van der Waals surface area (Å²) in [6.45, 7) is -0.0226. The predicted octanol–water partition coefficient (Wildman–Crippen LogP) is 1.00. The van der Waals surface area contributed by atoms with Crippen LogP contribution in [0.15, 0.2) is 18.2 Å². The van der Waals surface area contributed by atoms with Gasteiger partial charge in [0.1, 0.15) is 5.75 Å². The van der Waals surface area contributed by atoms with Gasteiger partial charge in [-0.2, -0.15) is 0 Å². The Hall–Kier alpha value is -2.28. The summed E-state index contributed by atoms with van der Waals surface area (Å²) in [7, 11) is 0. The van der Waals surface area contributed by atoms with E-state index >= 15 is 0 Å². The van der Waals surface area contributed by atoms with Gasteiger partial charge in [0.25, 0.3) is 0 Å². The maximum atomic E-state index is 11.1. The second-order valence-corrected chi connectivity index (χ2v) is 3.87. The van der Waals surface area contributed by atoms with Crippen molar-refractivity contribution >= 4 is 29.5 Å². The van der Waals surface area contributed by atoms with E-state index in [0.29, 0.717) is 0 Å². The molecule has 0 aliphatic carbocycles. The first kappa shape index (κ1) is 14.8. The number of carbonyl (C=O) groups is 3. The van der Waals surface area contributed by atoms with Crippen LogP contribution in [0, 0.1) is 0 Å². The van der Waals surface area contributed by atoms with E-state index in [2.05, 4.69) is 0 Å². The van der Waals surface area contributed by atoms with Crippen LogP contribution in [0.1, 0.15) is 16.8 Å². The number of benzene rings is 1. The van der Waals surface area contributed by atoms with E-state index in [1.165, 1.54) is 18.2 Å². The van der Waals surface area contributed by atoms with E-state index in [1.54, 1.807) is 0 Å². The second kappa shape index (κ2) is 6.60. The third-order valence-corrected chi connectivity index (χ3v) is 2.32. The summed E-state index contributed by atoms with van der Waals surface area (Å²) in [5, 5.41) is 10.7. The molecule has 102 valence electrons. The molecule has 0 aromatic heterocycles. The summed E-state index contributed by atoms with van der Waals surface area (Å²) in [4.78, 5) is 32.1. The number of urea groups is 1. The fourth-order valence-corrected chi connectivity index (χ4v) is 1.44. The Morgan fingerprint density at radius 1 is 1.37 bits per heavy atom. The van der Waals surface area contributed by atoms with E-state index < -0.39 is 17.9 Å². The van der Waals surface area contributed by atoms with Crippen molar-refractivity contribution in [3.8, 4) is 5.75 Å². The fourth-order valence-electron chi connectivity index (χ4n) is 1.20. The molecule has 0 unspecified atom stereocenters. The third-order valence-electron chi connectivity index (χ3n) is 2.03. The number of hydrogen-bond acceptors (Lipinski definition) is 4. The maximum absolute atomic E-state index is 11.1. The molecule has 8 heteroatoms. The molecule has 4 N–H and O–H groups in total. The smallest absolute Gasteiger partial charge is 0.335 e. The van der Waals surface area contributed by atoms with Crippen LogP contribution >= 0.6 is 11.6 Å². The first-order valence-electron chi connectivity index (χ1n) is 5.15. The first-order chi connectivity index (χ1) is 8.90. The lowest BCUT2D eigenvalue weighted by Crippen LogP contribution is -2.35. The average Bonchev–Trinajstić information content (AvgIpc) is 2.29. The Bertz CT molecular complexity index is 518. The Morgan fingerprint density at radius 3 is 2.58 bits per heavy atom. The number of carbonyl (C=O) groups excluding carboxylic acids is 2. The van der Waals surface area contributed by atoms with Gasteiger partial charge in [0.2, 0.25) is 5.91 Å². The van der Waals surface area contributed by atoms with Gasteiger partial charge in [-0.05, 0) is 18.2 Å². The highest BCUT2D eigenvalue weighted by molar-refractivity contribution is 6.32. The van der Waals surface area contributed by atoms with Crippen molar-refractivity contribution in [1.29, 1.82) is 0 Å². The maximum Gasteiger partial charge on any atom is 0.335 e. The van der Waals surface area contributed by atoms with Crippen LogP contribution in [0.3, 0.4) is 0 Å². The van der Waals surface area contributed by atoms with Gasteiger partial charge in [0.15, 0.2) is 0 Å². The normalized spacial score (nSPS) is 9.74. The molecule has 1 aromatic carbocycles. The Kier molecular flexibility index (Phi) is 5.13. The quantitative estimate of drug-likeness (QED) is 0.746. The van der Waals surface area contributed by atoms with Crippen molar-refractivity contribution in [2.45, 2.75) is 6.42 Å². The number of carboxylic acids is 1. The number of imide groups is 1. The molecule has 0 saturated carbocycles. The van der Waals surface area contributed by atoms with E-state index in [-0.39, 0.29) is 29.4 Å². The molecule has 0 radical (unpaired) electrons. The molecule has 0 atom stereocenters. The molecule has 0 aliphatic heterocycles. The predicted molar refractivity (Wildman–Crippen MR) is 66.2 cm³/mol. The Labute approximate surface area is 113 Å². The third kappa shape index (κ3) is 4.84. The van der Waals surface area contributed by atoms with Crippen molar-refractivity contribution in [3.63, 3.8) is 0 Å². The number of nitrogens with one attached hydrogen (secondary N) is 1. The zero-order chi connectivity index (χ0) is 14.4. The van der Waals surface area contributed by atoms with Crippen LogP contribution in [0.4, 0.5) is 4.79 Å². The summed E-state index contributed by atoms with van der Waals surface area (Å²) in [6.07, 6.45) is -0.0834. The van der Waals surface area contributed by atoms with Crippen LogP contribution in [-0.2, 0) is 4.79 Å². The SMILES string of the molecule is NC(=O)NC(=O)CCOc1ccc(C(=O)O)cc1Cl. The van der Waals surface area contributed by atoms with Gasteiger partial charge in [-0.15, -0.1) is 0 Å². The van der Waals surface area contributed by atoms with Crippen LogP contribution in [-0.4, -0.2) is 29.6 Å². The van der Waals surface area contributed by atoms with Crippen LogP contribution in [0.25, 0.3) is 0 Å². The summed E-state index contributed by atoms with van der Waals surface area (Å²) in [6, 6.07) is 3.02. The minimum atomic E-state index is -1.10. The lowest BCUT2D eigenvalue weighted by Gasteiger charge is -2.08. The lowest BCUT2D eigenvalue weighted by molar-refractivity contribution is -0.120. The molecule has 0 heterocycles. The largest absolute Gasteiger partial charge is 0.491 e. The number of primary amides is 1. The van der Waals surface area contributed by atoms with Gasteiger partial charge in [-0.1, -0.05) is 11.6 Å². The van der Waals surface area contributed by atoms with Crippen molar-refractivity contribution < 1.29 is 24.2 Å². The minimum Gasteiger partial charge on any atom is -0.491 e. The van der Waals surface area contributed by atoms with E-state index in [4.69, 9.17) is 27.2 Å².